The van der Waals surface area contributed by atoms with E-state index < -0.39 is 18.0 Å². The monoisotopic (exact) mass is 274 g/mol. The summed E-state index contributed by atoms with van der Waals surface area (Å²) >= 11 is 8.89. The van der Waals surface area contributed by atoms with Gasteiger partial charge in [0.25, 0.3) is 0 Å². The molecule has 0 spiro atoms. The Labute approximate surface area is 107 Å². The number of nitrogens with one attached hydrogen (secondary N) is 1. The Balaban J connectivity index is 3.22. The predicted octanol–water partition coefficient (Wildman–Crippen LogP) is 0.685. The Morgan fingerprint density at radius 3 is 2.59 bits per heavy atom. The molecule has 0 saturated carbocycles. The fourth-order valence-electron chi connectivity index (χ4n) is 1.22. The minimum atomic E-state index is -1.21. The van der Waals surface area contributed by atoms with Crippen LogP contribution in [-0.4, -0.2) is 33.2 Å². The van der Waals surface area contributed by atoms with Crippen molar-refractivity contribution in [1.29, 1.82) is 0 Å². The molecule has 1 aromatic heterocycles. The molecule has 0 radical (unpaired) electrons. The van der Waals surface area contributed by atoms with Crippen molar-refractivity contribution >= 4 is 36.8 Å². The van der Waals surface area contributed by atoms with Crippen molar-refractivity contribution in [3.8, 4) is 0 Å². The zero-order chi connectivity index (χ0) is 13.2. The van der Waals surface area contributed by atoms with Crippen LogP contribution >= 0.6 is 24.8 Å². The first kappa shape index (κ1) is 13.7. The molecule has 1 heterocycles. The highest BCUT2D eigenvalue weighted by Crippen LogP contribution is 2.15. The molecule has 0 aliphatic carbocycles. The van der Waals surface area contributed by atoms with Gasteiger partial charge in [0.05, 0.1) is 5.56 Å². The maximum atomic E-state index is 11.0. The van der Waals surface area contributed by atoms with Gasteiger partial charge in [-0.25, -0.2) is 4.79 Å². The van der Waals surface area contributed by atoms with Crippen molar-refractivity contribution in [3.05, 3.63) is 22.0 Å². The van der Waals surface area contributed by atoms with Crippen LogP contribution in [0.25, 0.3) is 0 Å². The van der Waals surface area contributed by atoms with Crippen molar-refractivity contribution in [2.75, 3.05) is 0 Å². The first-order valence-electron chi connectivity index (χ1n) is 4.49. The SMILES string of the molecule is NC(Cc1[nH]c(=S)c(S)cc1C(=O)O)C(=O)O. The molecule has 17 heavy (non-hydrogen) atoms. The van der Waals surface area contributed by atoms with Crippen LogP contribution in [0.5, 0.6) is 0 Å². The molecule has 5 N–H and O–H groups in total. The van der Waals surface area contributed by atoms with Crippen molar-refractivity contribution in [2.24, 2.45) is 5.73 Å². The van der Waals surface area contributed by atoms with Crippen molar-refractivity contribution in [3.63, 3.8) is 0 Å². The Morgan fingerprint density at radius 1 is 1.53 bits per heavy atom. The van der Waals surface area contributed by atoms with Gasteiger partial charge < -0.3 is 20.9 Å². The van der Waals surface area contributed by atoms with Gasteiger partial charge in [0.1, 0.15) is 10.7 Å². The van der Waals surface area contributed by atoms with Crippen molar-refractivity contribution < 1.29 is 19.8 Å². The molecule has 0 amide bonds. The van der Waals surface area contributed by atoms with E-state index in [9.17, 15) is 9.59 Å². The second kappa shape index (κ2) is 5.30. The first-order valence-corrected chi connectivity index (χ1v) is 5.35. The largest absolute Gasteiger partial charge is 0.480 e. The number of carboxylic acid groups (broad SMARTS) is 2. The molecular formula is C9H10N2O4S2. The molecule has 1 rings (SSSR count). The van der Waals surface area contributed by atoms with Gasteiger partial charge in [-0.2, -0.15) is 0 Å². The second-order valence-electron chi connectivity index (χ2n) is 3.33. The predicted molar refractivity (Wildman–Crippen MR) is 65.2 cm³/mol. The van der Waals surface area contributed by atoms with Gasteiger partial charge in [-0.3, -0.25) is 4.79 Å². The lowest BCUT2D eigenvalue weighted by atomic mass is 10.1. The van der Waals surface area contributed by atoms with Crippen molar-refractivity contribution in [1.82, 2.24) is 4.98 Å². The topological polar surface area (TPSA) is 116 Å². The summed E-state index contributed by atoms with van der Waals surface area (Å²) < 4.78 is 0.242. The van der Waals surface area contributed by atoms with E-state index in [4.69, 9.17) is 28.2 Å². The van der Waals surface area contributed by atoms with E-state index in [2.05, 4.69) is 17.6 Å². The molecule has 8 heteroatoms. The number of aromatic amines is 1. The van der Waals surface area contributed by atoms with Crippen LogP contribution in [0.15, 0.2) is 11.0 Å². The number of carboxylic acids is 2. The minimum absolute atomic E-state index is 0.0831. The van der Waals surface area contributed by atoms with E-state index in [-0.39, 0.29) is 22.3 Å². The Kier molecular flexibility index (Phi) is 4.27. The molecule has 0 fully saturated rings. The molecule has 0 aromatic carbocycles. The van der Waals surface area contributed by atoms with Crippen LogP contribution in [-0.2, 0) is 11.2 Å². The third-order valence-electron chi connectivity index (χ3n) is 2.07. The lowest BCUT2D eigenvalue weighted by molar-refractivity contribution is -0.138. The number of pyridine rings is 1. The zero-order valence-electron chi connectivity index (χ0n) is 8.51. The van der Waals surface area contributed by atoms with E-state index in [0.717, 1.165) is 0 Å². The summed E-state index contributed by atoms with van der Waals surface area (Å²) in [6.45, 7) is 0. The zero-order valence-corrected chi connectivity index (χ0v) is 10.2. The summed E-state index contributed by atoms with van der Waals surface area (Å²) in [5, 5.41) is 17.6. The summed E-state index contributed by atoms with van der Waals surface area (Å²) in [7, 11) is 0. The maximum Gasteiger partial charge on any atom is 0.337 e. The Bertz CT molecular complexity index is 526. The number of hydrogen-bond acceptors (Lipinski definition) is 5. The standard InChI is InChI=1S/C9H10N2O4S2/c10-4(9(14)15)2-5-3(8(12)13)1-6(16)7(17)11-5/h1,4,16H,2,10H2,(H,11,17)(H,12,13)(H,14,15). The lowest BCUT2D eigenvalue weighted by Crippen LogP contribution is -2.33. The first-order chi connectivity index (χ1) is 7.82. The van der Waals surface area contributed by atoms with E-state index in [0.29, 0.717) is 4.90 Å². The quantitative estimate of drug-likeness (QED) is 0.407. The average molecular weight is 274 g/mol. The molecule has 6 nitrogen and oxygen atoms in total. The summed E-state index contributed by atoms with van der Waals surface area (Å²) in [6.07, 6.45) is -0.144. The normalized spacial score (nSPS) is 12.1. The van der Waals surface area contributed by atoms with Crippen LogP contribution in [0, 0.1) is 4.64 Å². The van der Waals surface area contributed by atoms with Gasteiger partial charge in [0, 0.05) is 17.0 Å². The van der Waals surface area contributed by atoms with Crippen molar-refractivity contribution in [2.45, 2.75) is 17.4 Å². The van der Waals surface area contributed by atoms with Gasteiger partial charge in [0.2, 0.25) is 0 Å². The number of aromatic carboxylic acids is 1. The molecule has 0 bridgehead atoms. The molecular weight excluding hydrogens is 264 g/mol. The smallest absolute Gasteiger partial charge is 0.337 e. The second-order valence-corrected chi connectivity index (χ2v) is 4.22. The maximum absolute atomic E-state index is 11.0. The average Bonchev–Trinajstić information content (AvgIpc) is 2.22. The highest BCUT2D eigenvalue weighted by atomic mass is 32.1. The number of rotatable bonds is 4. The van der Waals surface area contributed by atoms with Crippen LogP contribution in [0.1, 0.15) is 16.1 Å². The molecule has 1 unspecified atom stereocenters. The number of hydrogen-bond donors (Lipinski definition) is 5. The van der Waals surface area contributed by atoms with Gasteiger partial charge in [-0.05, 0) is 6.07 Å². The number of H-pyrrole nitrogens is 1. The van der Waals surface area contributed by atoms with Crippen LogP contribution < -0.4 is 5.73 Å². The summed E-state index contributed by atoms with van der Waals surface area (Å²) in [6, 6.07) is 0.0817. The minimum Gasteiger partial charge on any atom is -0.480 e. The molecule has 92 valence electrons. The fourth-order valence-corrected chi connectivity index (χ4v) is 1.58. The number of carbonyl (C=O) groups is 2. The summed E-state index contributed by atoms with van der Waals surface area (Å²) in [5.74, 6) is -2.41. The number of nitrogens with two attached hydrogens (primary N) is 1. The van der Waals surface area contributed by atoms with Gasteiger partial charge >= 0.3 is 11.9 Å². The van der Waals surface area contributed by atoms with E-state index in [1.165, 1.54) is 6.07 Å². The van der Waals surface area contributed by atoms with Gasteiger partial charge in [0.15, 0.2) is 0 Å². The number of aromatic nitrogens is 1. The highest BCUT2D eigenvalue weighted by Gasteiger charge is 2.18. The van der Waals surface area contributed by atoms with Gasteiger partial charge in [-0.15, -0.1) is 12.6 Å². The highest BCUT2D eigenvalue weighted by molar-refractivity contribution is 7.81. The summed E-state index contributed by atoms with van der Waals surface area (Å²) in [4.78, 5) is 24.5. The van der Waals surface area contributed by atoms with Gasteiger partial charge in [-0.1, -0.05) is 12.2 Å². The lowest BCUT2D eigenvalue weighted by Gasteiger charge is -2.10. The summed E-state index contributed by atoms with van der Waals surface area (Å²) in [5.41, 5.74) is 5.43. The molecule has 1 atom stereocenters. The van der Waals surface area contributed by atoms with Crippen LogP contribution in [0.2, 0.25) is 0 Å². The van der Waals surface area contributed by atoms with E-state index in [1.54, 1.807) is 0 Å². The molecule has 0 aliphatic heterocycles. The Morgan fingerprint density at radius 2 is 2.12 bits per heavy atom. The van der Waals surface area contributed by atoms with Crippen LogP contribution in [0.3, 0.4) is 0 Å². The molecule has 0 aliphatic rings. The number of aliphatic carboxylic acids is 1. The third-order valence-corrected chi connectivity index (χ3v) is 2.90. The third kappa shape index (κ3) is 3.29. The Hall–Kier alpha value is -1.38. The molecule has 1 aromatic rings. The number of thiol groups is 1. The molecule has 0 saturated heterocycles. The fraction of sp³-hybridized carbons (Fsp3) is 0.222. The van der Waals surface area contributed by atoms with Crippen LogP contribution in [0.4, 0.5) is 0 Å². The van der Waals surface area contributed by atoms with E-state index >= 15 is 0 Å². The van der Waals surface area contributed by atoms with E-state index in [1.807, 2.05) is 0 Å².